The normalized spacial score (nSPS) is 12.2. The van der Waals surface area contributed by atoms with Crippen molar-refractivity contribution in [3.8, 4) is 11.6 Å². The van der Waals surface area contributed by atoms with Gasteiger partial charge in [0.15, 0.2) is 19.9 Å². The van der Waals surface area contributed by atoms with E-state index in [1.807, 2.05) is 0 Å². The van der Waals surface area contributed by atoms with Crippen LogP contribution in [0.2, 0.25) is 18.1 Å². The summed E-state index contributed by atoms with van der Waals surface area (Å²) in [6.07, 6.45) is 0.518. The van der Waals surface area contributed by atoms with Gasteiger partial charge in [0.2, 0.25) is 0 Å². The summed E-state index contributed by atoms with van der Waals surface area (Å²) in [6, 6.07) is 3.47. The predicted molar refractivity (Wildman–Crippen MR) is 121 cm³/mol. The van der Waals surface area contributed by atoms with Crippen LogP contribution in [0.5, 0.6) is 11.6 Å². The van der Waals surface area contributed by atoms with E-state index in [1.165, 1.54) is 11.3 Å². The monoisotopic (exact) mass is 453 g/mol. The molecule has 0 saturated heterocycles. The number of nitrogens with zero attached hydrogens (tertiary/aromatic N) is 1. The number of carbonyl (C=O) groups excluding carboxylic acids is 1. The molecule has 0 spiro atoms. The summed E-state index contributed by atoms with van der Waals surface area (Å²) in [6.45, 7) is 12.1. The Bertz CT molecular complexity index is 903. The Balaban J connectivity index is 2.01. The van der Waals surface area contributed by atoms with Gasteiger partial charge in [0, 0.05) is 25.5 Å². The van der Waals surface area contributed by atoms with Crippen molar-refractivity contribution in [2.75, 3.05) is 20.3 Å². The van der Waals surface area contributed by atoms with Gasteiger partial charge >= 0.3 is 5.97 Å². The number of ether oxygens (including phenoxy) is 2. The fraction of sp³-hybridized carbons (Fsp3) is 0.571. The first-order chi connectivity index (χ1) is 13.9. The van der Waals surface area contributed by atoms with Crippen molar-refractivity contribution in [3.63, 3.8) is 0 Å². The van der Waals surface area contributed by atoms with E-state index >= 15 is 0 Å². The molecule has 0 aliphatic heterocycles. The summed E-state index contributed by atoms with van der Waals surface area (Å²) in [7, 11) is -0.229. The van der Waals surface area contributed by atoms with E-state index in [9.17, 15) is 9.59 Å². The van der Waals surface area contributed by atoms with Crippen LogP contribution in [0.15, 0.2) is 12.1 Å². The van der Waals surface area contributed by atoms with Crippen molar-refractivity contribution in [1.29, 1.82) is 0 Å². The van der Waals surface area contributed by atoms with Gasteiger partial charge in [0.05, 0.1) is 35.2 Å². The summed E-state index contributed by atoms with van der Waals surface area (Å²) in [5.41, 5.74) is 0.631. The van der Waals surface area contributed by atoms with Crippen molar-refractivity contribution in [2.24, 2.45) is 0 Å². The predicted octanol–water partition coefficient (Wildman–Crippen LogP) is 5.14. The lowest BCUT2D eigenvalue weighted by Gasteiger charge is -2.36. The van der Waals surface area contributed by atoms with Gasteiger partial charge in [-0.15, -0.1) is 11.3 Å². The standard InChI is InChI=1S/C21H31NO6SSi/c1-21(2,3)30(5,6)28-11-7-10-27-20-16(26-4)13-17-14(22-20)12-18(29-17)15(23)8-9-19(24)25/h12-13H,7-11H2,1-6H3,(H,24,25). The Hall–Kier alpha value is -1.97. The van der Waals surface area contributed by atoms with Crippen molar-refractivity contribution in [3.05, 3.63) is 17.0 Å². The molecule has 0 unspecified atom stereocenters. The first-order valence-electron chi connectivity index (χ1n) is 9.95. The third-order valence-corrected chi connectivity index (χ3v) is 10.9. The Labute approximate surface area is 182 Å². The summed E-state index contributed by atoms with van der Waals surface area (Å²) in [5, 5.41) is 8.93. The number of thiophene rings is 1. The molecule has 7 nitrogen and oxygen atoms in total. The van der Waals surface area contributed by atoms with Gasteiger partial charge in [0.25, 0.3) is 5.88 Å². The van der Waals surface area contributed by atoms with Crippen LogP contribution >= 0.6 is 11.3 Å². The number of ketones is 1. The van der Waals surface area contributed by atoms with Gasteiger partial charge in [0.1, 0.15) is 0 Å². The molecule has 2 aromatic heterocycles. The largest absolute Gasteiger partial charge is 0.491 e. The van der Waals surface area contributed by atoms with Gasteiger partial charge in [-0.2, -0.15) is 0 Å². The molecule has 0 bridgehead atoms. The summed E-state index contributed by atoms with van der Waals surface area (Å²) < 4.78 is 18.2. The Kier molecular flexibility index (Phi) is 8.01. The molecular weight excluding hydrogens is 422 g/mol. The van der Waals surface area contributed by atoms with Crippen LogP contribution in [0.1, 0.15) is 49.7 Å². The number of aromatic nitrogens is 1. The number of hydrogen-bond acceptors (Lipinski definition) is 7. The maximum atomic E-state index is 12.2. The molecule has 2 heterocycles. The lowest BCUT2D eigenvalue weighted by atomic mass is 10.2. The molecule has 0 amide bonds. The topological polar surface area (TPSA) is 95.0 Å². The minimum atomic E-state index is -1.77. The average Bonchev–Trinajstić information content (AvgIpc) is 3.06. The minimum absolute atomic E-state index is 0.0309. The van der Waals surface area contributed by atoms with Gasteiger partial charge in [-0.05, 0) is 24.2 Å². The quantitative estimate of drug-likeness (QED) is 0.286. The zero-order chi connectivity index (χ0) is 22.5. The van der Waals surface area contributed by atoms with E-state index in [4.69, 9.17) is 19.0 Å². The van der Waals surface area contributed by atoms with Crippen molar-refractivity contribution < 1.29 is 28.6 Å². The number of methoxy groups -OCH3 is 1. The SMILES string of the molecule is COc1cc2sc(C(=O)CCC(=O)O)cc2nc1OCCCO[Si](C)(C)C(C)(C)C. The van der Waals surface area contributed by atoms with Gasteiger partial charge in [-0.3, -0.25) is 9.59 Å². The highest BCUT2D eigenvalue weighted by atomic mass is 32.1. The fourth-order valence-corrected chi connectivity index (χ4v) is 4.52. The number of hydrogen-bond donors (Lipinski definition) is 1. The van der Waals surface area contributed by atoms with E-state index in [1.54, 1.807) is 19.2 Å². The number of pyridine rings is 1. The molecule has 0 atom stereocenters. The van der Waals surface area contributed by atoms with E-state index in [0.29, 0.717) is 35.2 Å². The van der Waals surface area contributed by atoms with Crippen LogP contribution < -0.4 is 9.47 Å². The van der Waals surface area contributed by atoms with Crippen molar-refractivity contribution in [2.45, 2.75) is 58.2 Å². The fourth-order valence-electron chi connectivity index (χ4n) is 2.43. The second kappa shape index (κ2) is 9.89. The Morgan fingerprint density at radius 2 is 1.87 bits per heavy atom. The molecule has 1 N–H and O–H groups in total. The van der Waals surface area contributed by atoms with E-state index in [-0.39, 0.29) is 23.7 Å². The molecule has 0 aliphatic carbocycles. The molecule has 2 rings (SSSR count). The first kappa shape index (κ1) is 24.3. The van der Waals surface area contributed by atoms with Gasteiger partial charge in [-0.25, -0.2) is 4.98 Å². The van der Waals surface area contributed by atoms with Crippen LogP contribution in [-0.2, 0) is 9.22 Å². The van der Waals surface area contributed by atoms with Crippen LogP contribution in [0.25, 0.3) is 10.2 Å². The minimum Gasteiger partial charge on any atom is -0.491 e. The van der Waals surface area contributed by atoms with E-state index < -0.39 is 14.3 Å². The number of rotatable bonds is 11. The lowest BCUT2D eigenvalue weighted by molar-refractivity contribution is -0.136. The first-order valence-corrected chi connectivity index (χ1v) is 13.7. The molecule has 30 heavy (non-hydrogen) atoms. The molecule has 0 aromatic carbocycles. The number of carbonyl (C=O) groups is 2. The average molecular weight is 454 g/mol. The number of carboxylic acids is 1. The maximum Gasteiger partial charge on any atom is 0.303 e. The van der Waals surface area contributed by atoms with E-state index in [2.05, 4.69) is 38.8 Å². The molecule has 0 saturated carbocycles. The molecule has 166 valence electrons. The van der Waals surface area contributed by atoms with Crippen LogP contribution in [0, 0.1) is 0 Å². The smallest absolute Gasteiger partial charge is 0.303 e. The zero-order valence-electron chi connectivity index (χ0n) is 18.5. The highest BCUT2D eigenvalue weighted by Gasteiger charge is 2.36. The lowest BCUT2D eigenvalue weighted by Crippen LogP contribution is -2.41. The number of aliphatic carboxylic acids is 1. The Morgan fingerprint density at radius 3 is 2.47 bits per heavy atom. The van der Waals surface area contributed by atoms with Crippen molar-refractivity contribution in [1.82, 2.24) is 4.98 Å². The molecule has 0 fully saturated rings. The second-order valence-electron chi connectivity index (χ2n) is 8.62. The number of Topliss-reactive ketones (excluding diaryl/α,β-unsaturated/α-hetero) is 1. The van der Waals surface area contributed by atoms with Crippen LogP contribution in [0.4, 0.5) is 0 Å². The number of fused-ring (bicyclic) bond motifs is 1. The number of carboxylic acid groups (broad SMARTS) is 1. The maximum absolute atomic E-state index is 12.2. The summed E-state index contributed by atoms with van der Waals surface area (Å²) >= 11 is 1.28. The zero-order valence-corrected chi connectivity index (χ0v) is 20.4. The van der Waals surface area contributed by atoms with Crippen LogP contribution in [0.3, 0.4) is 0 Å². The molecule has 9 heteroatoms. The van der Waals surface area contributed by atoms with Crippen LogP contribution in [-0.4, -0.2) is 50.5 Å². The molecule has 0 aliphatic rings. The van der Waals surface area contributed by atoms with Gasteiger partial charge < -0.3 is 19.0 Å². The highest BCUT2D eigenvalue weighted by Crippen LogP contribution is 2.37. The highest BCUT2D eigenvalue weighted by molar-refractivity contribution is 7.20. The summed E-state index contributed by atoms with van der Waals surface area (Å²) in [4.78, 5) is 27.9. The van der Waals surface area contributed by atoms with E-state index in [0.717, 1.165) is 11.1 Å². The molecule has 2 aromatic rings. The second-order valence-corrected chi connectivity index (χ2v) is 14.5. The van der Waals surface area contributed by atoms with Crippen molar-refractivity contribution >= 4 is 41.6 Å². The Morgan fingerprint density at radius 1 is 1.17 bits per heavy atom. The third-order valence-electron chi connectivity index (χ3n) is 5.29. The molecule has 0 radical (unpaired) electrons. The summed E-state index contributed by atoms with van der Waals surface area (Å²) in [5.74, 6) is -0.319. The molecular formula is C21H31NO6SSi. The third kappa shape index (κ3) is 6.26. The van der Waals surface area contributed by atoms with Gasteiger partial charge in [-0.1, -0.05) is 20.8 Å².